The molecule has 0 bridgehead atoms. The van der Waals surface area contributed by atoms with Crippen molar-refractivity contribution in [2.45, 2.75) is 24.4 Å². The molecule has 3 aliphatic heterocycles. The number of nitrogens with one attached hydrogen (secondary N) is 2. The van der Waals surface area contributed by atoms with E-state index < -0.39 is 5.54 Å². The molecule has 2 unspecified atom stereocenters. The number of aromatic nitrogens is 2. The van der Waals surface area contributed by atoms with E-state index >= 15 is 0 Å². The molecular formula is C16H22N4O4S. The number of amides is 2. The molecule has 136 valence electrons. The van der Waals surface area contributed by atoms with Gasteiger partial charge < -0.3 is 15.0 Å². The molecule has 3 aliphatic rings. The van der Waals surface area contributed by atoms with Crippen molar-refractivity contribution in [3.63, 3.8) is 0 Å². The third kappa shape index (κ3) is 2.89. The number of rotatable bonds is 3. The molecule has 1 aromatic rings. The van der Waals surface area contributed by atoms with E-state index in [0.29, 0.717) is 26.2 Å². The smallest absolute Gasteiger partial charge is 0.272 e. The Kier molecular flexibility index (Phi) is 4.15. The molecule has 2 N–H and O–H groups in total. The number of thioether (sulfide) groups is 1. The number of nitrogens with zero attached hydrogens (tertiary/aromatic N) is 2. The standard InChI is InChI=1S/C16H22N4O4S/c1-19-13(21)4-12(18-19)15(23)20-6-11(5-16(20)2-3-24-9-16)17-14(22)10-7-25-8-10/h4,10-11,18H,2-3,5-9H2,1H3,(H,17,22). The lowest BCUT2D eigenvalue weighted by Gasteiger charge is -2.32. The summed E-state index contributed by atoms with van der Waals surface area (Å²) < 4.78 is 6.86. The molecule has 4 heterocycles. The fourth-order valence-electron chi connectivity index (χ4n) is 3.86. The van der Waals surface area contributed by atoms with Gasteiger partial charge in [-0.05, 0) is 12.8 Å². The maximum atomic E-state index is 13.0. The van der Waals surface area contributed by atoms with Gasteiger partial charge in [0.25, 0.3) is 11.5 Å². The van der Waals surface area contributed by atoms with Gasteiger partial charge >= 0.3 is 0 Å². The molecule has 2 atom stereocenters. The van der Waals surface area contributed by atoms with Crippen LogP contribution in [0.2, 0.25) is 0 Å². The average molecular weight is 366 g/mol. The summed E-state index contributed by atoms with van der Waals surface area (Å²) in [6.45, 7) is 1.53. The summed E-state index contributed by atoms with van der Waals surface area (Å²) in [5.41, 5.74) is -0.358. The van der Waals surface area contributed by atoms with Crippen molar-refractivity contribution in [2.75, 3.05) is 31.3 Å². The third-order valence-electron chi connectivity index (χ3n) is 5.40. The van der Waals surface area contributed by atoms with Gasteiger partial charge in [0.15, 0.2) is 0 Å². The van der Waals surface area contributed by atoms with Gasteiger partial charge in [0.2, 0.25) is 5.91 Å². The summed E-state index contributed by atoms with van der Waals surface area (Å²) >= 11 is 1.78. The molecule has 0 saturated carbocycles. The summed E-state index contributed by atoms with van der Waals surface area (Å²) in [5.74, 6) is 1.72. The zero-order chi connectivity index (χ0) is 17.6. The van der Waals surface area contributed by atoms with E-state index in [1.807, 2.05) is 0 Å². The van der Waals surface area contributed by atoms with Crippen LogP contribution in [-0.2, 0) is 16.6 Å². The number of ether oxygens (including phenoxy) is 1. The number of carbonyl (C=O) groups excluding carboxylic acids is 2. The highest BCUT2D eigenvalue weighted by molar-refractivity contribution is 8.00. The molecule has 9 heteroatoms. The zero-order valence-corrected chi connectivity index (χ0v) is 14.9. The summed E-state index contributed by atoms with van der Waals surface area (Å²) in [4.78, 5) is 38.7. The summed E-state index contributed by atoms with van der Waals surface area (Å²) in [7, 11) is 1.58. The molecule has 0 aromatic carbocycles. The topological polar surface area (TPSA) is 96.4 Å². The molecule has 3 saturated heterocycles. The lowest BCUT2D eigenvalue weighted by Crippen LogP contribution is -2.48. The number of aromatic amines is 1. The van der Waals surface area contributed by atoms with Crippen LogP contribution < -0.4 is 10.9 Å². The maximum absolute atomic E-state index is 13.0. The van der Waals surface area contributed by atoms with Gasteiger partial charge in [-0.1, -0.05) is 0 Å². The van der Waals surface area contributed by atoms with Crippen molar-refractivity contribution < 1.29 is 14.3 Å². The van der Waals surface area contributed by atoms with Crippen LogP contribution in [-0.4, -0.2) is 69.3 Å². The molecule has 2 amide bonds. The Balaban J connectivity index is 1.53. The van der Waals surface area contributed by atoms with Gasteiger partial charge in [-0.25, -0.2) is 0 Å². The number of likely N-dealkylation sites (tertiary alicyclic amines) is 1. The zero-order valence-electron chi connectivity index (χ0n) is 14.1. The van der Waals surface area contributed by atoms with Crippen LogP contribution in [0.25, 0.3) is 0 Å². The van der Waals surface area contributed by atoms with Crippen molar-refractivity contribution >= 4 is 23.6 Å². The summed E-state index contributed by atoms with van der Waals surface area (Å²) in [6, 6.07) is 1.25. The molecule has 25 heavy (non-hydrogen) atoms. The van der Waals surface area contributed by atoms with Crippen LogP contribution >= 0.6 is 11.8 Å². The van der Waals surface area contributed by atoms with Gasteiger partial charge in [0.1, 0.15) is 5.69 Å². The Morgan fingerprint density at radius 1 is 1.44 bits per heavy atom. The molecule has 0 radical (unpaired) electrons. The first-order valence-electron chi connectivity index (χ1n) is 8.52. The number of H-pyrrole nitrogens is 1. The Hall–Kier alpha value is -1.74. The van der Waals surface area contributed by atoms with Crippen LogP contribution in [0.3, 0.4) is 0 Å². The van der Waals surface area contributed by atoms with Crippen LogP contribution in [0.1, 0.15) is 23.3 Å². The molecule has 1 spiro atoms. The molecule has 1 aromatic heterocycles. The Morgan fingerprint density at radius 2 is 2.24 bits per heavy atom. The number of hydrogen-bond acceptors (Lipinski definition) is 5. The molecule has 3 fully saturated rings. The lowest BCUT2D eigenvalue weighted by atomic mass is 9.93. The first kappa shape index (κ1) is 16.7. The predicted molar refractivity (Wildman–Crippen MR) is 92.6 cm³/mol. The van der Waals surface area contributed by atoms with Crippen molar-refractivity contribution in [1.82, 2.24) is 20.0 Å². The fourth-order valence-corrected chi connectivity index (χ4v) is 4.64. The van der Waals surface area contributed by atoms with Crippen molar-refractivity contribution in [1.29, 1.82) is 0 Å². The number of hydrogen-bond donors (Lipinski definition) is 2. The highest BCUT2D eigenvalue weighted by atomic mass is 32.2. The van der Waals surface area contributed by atoms with E-state index in [0.717, 1.165) is 17.9 Å². The van der Waals surface area contributed by atoms with Gasteiger partial charge in [-0.3, -0.25) is 24.2 Å². The first-order valence-corrected chi connectivity index (χ1v) is 9.68. The minimum atomic E-state index is -0.393. The van der Waals surface area contributed by atoms with Gasteiger partial charge in [-0.15, -0.1) is 0 Å². The van der Waals surface area contributed by atoms with Crippen LogP contribution in [0.5, 0.6) is 0 Å². The molecule has 0 aliphatic carbocycles. The minimum Gasteiger partial charge on any atom is -0.379 e. The van der Waals surface area contributed by atoms with Gasteiger partial charge in [0, 0.05) is 43.8 Å². The SMILES string of the molecule is Cn1[nH]c(C(=O)N2CC(NC(=O)C3CSC3)CC23CCOC3)cc1=O. The van der Waals surface area contributed by atoms with E-state index in [1.54, 1.807) is 23.7 Å². The summed E-state index contributed by atoms with van der Waals surface area (Å²) in [5, 5.41) is 5.91. The quantitative estimate of drug-likeness (QED) is 0.757. The van der Waals surface area contributed by atoms with Crippen molar-refractivity contribution in [3.05, 3.63) is 22.1 Å². The normalized spacial score (nSPS) is 29.2. The fraction of sp³-hybridized carbons (Fsp3) is 0.688. The second-order valence-corrected chi connectivity index (χ2v) is 8.23. The van der Waals surface area contributed by atoms with E-state index in [-0.39, 0.29) is 35.0 Å². The minimum absolute atomic E-state index is 0.0702. The Labute approximate surface area is 149 Å². The van der Waals surface area contributed by atoms with E-state index in [2.05, 4.69) is 10.4 Å². The largest absolute Gasteiger partial charge is 0.379 e. The van der Waals surface area contributed by atoms with E-state index in [1.165, 1.54) is 10.7 Å². The second-order valence-electron chi connectivity index (χ2n) is 7.15. The summed E-state index contributed by atoms with van der Waals surface area (Å²) in [6.07, 6.45) is 1.45. The Morgan fingerprint density at radius 3 is 2.80 bits per heavy atom. The van der Waals surface area contributed by atoms with Crippen LogP contribution in [0.15, 0.2) is 10.9 Å². The van der Waals surface area contributed by atoms with E-state index in [4.69, 9.17) is 4.74 Å². The van der Waals surface area contributed by atoms with Crippen molar-refractivity contribution in [3.8, 4) is 0 Å². The highest BCUT2D eigenvalue weighted by Crippen LogP contribution is 2.38. The highest BCUT2D eigenvalue weighted by Gasteiger charge is 2.51. The molecular weight excluding hydrogens is 344 g/mol. The third-order valence-corrected chi connectivity index (χ3v) is 6.68. The Bertz CT molecular complexity index is 748. The van der Waals surface area contributed by atoms with Gasteiger partial charge in [-0.2, -0.15) is 11.8 Å². The number of carbonyl (C=O) groups is 2. The maximum Gasteiger partial charge on any atom is 0.272 e. The molecule has 8 nitrogen and oxygen atoms in total. The van der Waals surface area contributed by atoms with Crippen LogP contribution in [0.4, 0.5) is 0 Å². The molecule has 4 rings (SSSR count). The van der Waals surface area contributed by atoms with Crippen LogP contribution in [0, 0.1) is 5.92 Å². The first-order chi connectivity index (χ1) is 12.0. The van der Waals surface area contributed by atoms with E-state index in [9.17, 15) is 14.4 Å². The second kappa shape index (κ2) is 6.21. The van der Waals surface area contributed by atoms with Gasteiger partial charge in [0.05, 0.1) is 18.1 Å². The monoisotopic (exact) mass is 366 g/mol. The number of aryl methyl sites for hydroxylation is 1. The predicted octanol–water partition coefficient (Wildman–Crippen LogP) is -0.434. The lowest BCUT2D eigenvalue weighted by molar-refractivity contribution is -0.124. The average Bonchev–Trinajstić information content (AvgIpc) is 3.19. The van der Waals surface area contributed by atoms with Crippen molar-refractivity contribution in [2.24, 2.45) is 13.0 Å².